The van der Waals surface area contributed by atoms with Crippen LogP contribution in [0.5, 0.6) is 0 Å². The first-order chi connectivity index (χ1) is 20.0. The summed E-state index contributed by atoms with van der Waals surface area (Å²) in [6, 6.07) is 13.6. The fourth-order valence-corrected chi connectivity index (χ4v) is 4.90. The summed E-state index contributed by atoms with van der Waals surface area (Å²) < 4.78 is 42.6. The first-order valence-corrected chi connectivity index (χ1v) is 14.3. The number of hydrogen-bond acceptors (Lipinski definition) is 5. The van der Waals surface area contributed by atoms with Crippen molar-refractivity contribution in [1.29, 1.82) is 0 Å². The van der Waals surface area contributed by atoms with Gasteiger partial charge in [-0.25, -0.2) is 4.79 Å². The van der Waals surface area contributed by atoms with Crippen molar-refractivity contribution in [3.05, 3.63) is 94.6 Å². The summed E-state index contributed by atoms with van der Waals surface area (Å²) in [4.78, 5) is 20.1. The summed E-state index contributed by atoms with van der Waals surface area (Å²) in [6.07, 6.45) is 1.90. The average molecular weight is 581 g/mol. The lowest BCUT2D eigenvalue weighted by atomic mass is 9.99. The molecule has 224 valence electrons. The molecule has 0 radical (unpaired) electrons. The molecule has 0 spiro atoms. The fraction of sp³-hybridized carbons (Fsp3) is 0.375. The lowest BCUT2D eigenvalue weighted by Crippen LogP contribution is -2.24. The molecule has 10 heteroatoms. The van der Waals surface area contributed by atoms with Gasteiger partial charge in [0.2, 0.25) is 0 Å². The highest BCUT2D eigenvalue weighted by molar-refractivity contribution is 5.82. The van der Waals surface area contributed by atoms with Crippen LogP contribution >= 0.6 is 0 Å². The Kier molecular flexibility index (Phi) is 10.4. The number of H-pyrrole nitrogens is 1. The molecule has 42 heavy (non-hydrogen) atoms. The zero-order chi connectivity index (χ0) is 30.3. The number of nitrogens with zero attached hydrogens (tertiary/aromatic N) is 2. The standard InChI is InChI=1S/C32H39F3N6O/c1-4-13-37-14-6-15-38-22(3)24-9-11-28(12-10-24)41-20-26-19-29(39-30(26)40-31(41)42)25-16-23(8-5-7-21(2)36)17-27(18-25)32(33,34)35/h4,9-12,16-22,37-38H,1,5-8,13-15,36H2,2-3H3,(H,39,40,42)/t21-,22-/m0/s1. The normalized spacial score (nSPS) is 13.4. The van der Waals surface area contributed by atoms with E-state index in [0.717, 1.165) is 44.1 Å². The van der Waals surface area contributed by atoms with Gasteiger partial charge in [-0.3, -0.25) is 4.57 Å². The molecule has 0 bridgehead atoms. The Hall–Kier alpha value is -3.73. The van der Waals surface area contributed by atoms with Crippen molar-refractivity contribution in [2.75, 3.05) is 19.6 Å². The second-order valence-corrected chi connectivity index (χ2v) is 10.8. The van der Waals surface area contributed by atoms with Gasteiger partial charge in [-0.1, -0.05) is 18.2 Å². The first-order valence-electron chi connectivity index (χ1n) is 14.3. The first kappa shape index (κ1) is 31.2. The van der Waals surface area contributed by atoms with Crippen LogP contribution in [0.3, 0.4) is 0 Å². The van der Waals surface area contributed by atoms with Crippen molar-refractivity contribution >= 4 is 11.0 Å². The molecule has 0 aliphatic rings. The molecular formula is C32H39F3N6O. The highest BCUT2D eigenvalue weighted by Gasteiger charge is 2.31. The molecule has 0 aliphatic heterocycles. The minimum absolute atomic E-state index is 0.0143. The topological polar surface area (TPSA) is 101 Å². The minimum atomic E-state index is -4.48. The molecule has 0 fully saturated rings. The molecule has 0 unspecified atom stereocenters. The van der Waals surface area contributed by atoms with Crippen molar-refractivity contribution in [3.8, 4) is 16.9 Å². The molecule has 4 aromatic rings. The fourth-order valence-electron chi connectivity index (χ4n) is 4.90. The molecule has 4 rings (SSSR count). The Morgan fingerprint density at radius 3 is 2.55 bits per heavy atom. The minimum Gasteiger partial charge on any atom is -0.339 e. The summed E-state index contributed by atoms with van der Waals surface area (Å²) in [7, 11) is 0. The van der Waals surface area contributed by atoms with Crippen molar-refractivity contribution in [1.82, 2.24) is 25.2 Å². The van der Waals surface area contributed by atoms with E-state index in [2.05, 4.69) is 34.1 Å². The van der Waals surface area contributed by atoms with Gasteiger partial charge in [-0.2, -0.15) is 18.2 Å². The molecule has 0 saturated heterocycles. The highest BCUT2D eigenvalue weighted by Crippen LogP contribution is 2.34. The number of benzene rings is 2. The van der Waals surface area contributed by atoms with E-state index >= 15 is 0 Å². The predicted octanol–water partition coefficient (Wildman–Crippen LogP) is 5.89. The number of aryl methyl sites for hydroxylation is 1. The number of aromatic nitrogens is 3. The zero-order valence-electron chi connectivity index (χ0n) is 24.1. The van der Waals surface area contributed by atoms with Crippen molar-refractivity contribution in [2.24, 2.45) is 5.73 Å². The van der Waals surface area contributed by atoms with E-state index in [4.69, 9.17) is 5.73 Å². The second-order valence-electron chi connectivity index (χ2n) is 10.8. The van der Waals surface area contributed by atoms with Crippen LogP contribution in [0.25, 0.3) is 28.0 Å². The van der Waals surface area contributed by atoms with Crippen LogP contribution in [0.15, 0.2) is 72.2 Å². The van der Waals surface area contributed by atoms with E-state index < -0.39 is 17.4 Å². The zero-order valence-corrected chi connectivity index (χ0v) is 24.1. The van der Waals surface area contributed by atoms with Gasteiger partial charge in [-0.05, 0) is 106 Å². The van der Waals surface area contributed by atoms with Crippen LogP contribution < -0.4 is 22.1 Å². The third-order valence-electron chi connectivity index (χ3n) is 7.20. The van der Waals surface area contributed by atoms with Crippen LogP contribution in [0.1, 0.15) is 55.8 Å². The van der Waals surface area contributed by atoms with Crippen LogP contribution in [0.2, 0.25) is 0 Å². The smallest absolute Gasteiger partial charge is 0.339 e. The van der Waals surface area contributed by atoms with Crippen LogP contribution in [-0.4, -0.2) is 40.2 Å². The Morgan fingerprint density at radius 2 is 1.86 bits per heavy atom. The molecule has 7 nitrogen and oxygen atoms in total. The third kappa shape index (κ3) is 8.18. The largest absolute Gasteiger partial charge is 0.416 e. The maximum atomic E-state index is 13.7. The van der Waals surface area contributed by atoms with Crippen LogP contribution in [0.4, 0.5) is 13.2 Å². The quantitative estimate of drug-likeness (QED) is 0.110. The number of nitrogens with one attached hydrogen (secondary N) is 3. The number of alkyl halides is 3. The summed E-state index contributed by atoms with van der Waals surface area (Å²) in [5.74, 6) is 0. The SMILES string of the molecule is C=CCNCCCN[C@@H](C)c1ccc(-n2cc3cc(-c4cc(CCC[C@H](C)N)cc(C(F)(F)F)c4)[nH]c3nc2=O)cc1. The monoisotopic (exact) mass is 580 g/mol. The van der Waals surface area contributed by atoms with Gasteiger partial charge in [-0.15, -0.1) is 6.58 Å². The summed E-state index contributed by atoms with van der Waals surface area (Å²) >= 11 is 0. The number of aromatic amines is 1. The van der Waals surface area contributed by atoms with Gasteiger partial charge in [0.15, 0.2) is 0 Å². The number of nitrogens with two attached hydrogens (primary N) is 1. The molecule has 0 amide bonds. The van der Waals surface area contributed by atoms with Gasteiger partial charge in [0.1, 0.15) is 5.65 Å². The van der Waals surface area contributed by atoms with E-state index in [1.165, 1.54) is 10.6 Å². The van der Waals surface area contributed by atoms with Gasteiger partial charge >= 0.3 is 11.9 Å². The van der Waals surface area contributed by atoms with Crippen molar-refractivity contribution < 1.29 is 13.2 Å². The molecule has 0 saturated carbocycles. The average Bonchev–Trinajstić information content (AvgIpc) is 3.36. The van der Waals surface area contributed by atoms with Crippen molar-refractivity contribution in [2.45, 2.75) is 57.8 Å². The van der Waals surface area contributed by atoms with Crippen molar-refractivity contribution in [3.63, 3.8) is 0 Å². The number of rotatable bonds is 14. The number of halogens is 3. The second kappa shape index (κ2) is 14.0. The van der Waals surface area contributed by atoms with Gasteiger partial charge in [0, 0.05) is 35.9 Å². The highest BCUT2D eigenvalue weighted by atomic mass is 19.4. The summed E-state index contributed by atoms with van der Waals surface area (Å²) in [6.45, 7) is 10.2. The van der Waals surface area contributed by atoms with Gasteiger partial charge in [0.05, 0.1) is 11.3 Å². The lowest BCUT2D eigenvalue weighted by Gasteiger charge is -2.15. The van der Waals surface area contributed by atoms with E-state index in [0.29, 0.717) is 46.4 Å². The summed E-state index contributed by atoms with van der Waals surface area (Å²) in [5, 5.41) is 7.39. The lowest BCUT2D eigenvalue weighted by molar-refractivity contribution is -0.137. The molecule has 0 aliphatic carbocycles. The van der Waals surface area contributed by atoms with E-state index in [1.54, 1.807) is 18.3 Å². The molecule has 2 aromatic carbocycles. The molecule has 2 heterocycles. The molecule has 5 N–H and O–H groups in total. The summed E-state index contributed by atoms with van der Waals surface area (Å²) in [5.41, 5.74) is 8.11. The van der Waals surface area contributed by atoms with Gasteiger partial charge < -0.3 is 21.4 Å². The predicted molar refractivity (Wildman–Crippen MR) is 163 cm³/mol. The molecule has 2 atom stereocenters. The third-order valence-corrected chi connectivity index (χ3v) is 7.20. The Bertz CT molecular complexity index is 1540. The van der Waals surface area contributed by atoms with E-state index in [-0.39, 0.29) is 12.1 Å². The van der Waals surface area contributed by atoms with E-state index in [9.17, 15) is 18.0 Å². The number of fused-ring (bicyclic) bond motifs is 1. The maximum absolute atomic E-state index is 13.7. The Morgan fingerprint density at radius 1 is 1.10 bits per heavy atom. The van der Waals surface area contributed by atoms with Crippen LogP contribution in [0, 0.1) is 0 Å². The van der Waals surface area contributed by atoms with E-state index in [1.807, 2.05) is 37.3 Å². The number of hydrogen-bond donors (Lipinski definition) is 4. The molecular weight excluding hydrogens is 541 g/mol. The Balaban J connectivity index is 1.55. The van der Waals surface area contributed by atoms with Crippen LogP contribution in [-0.2, 0) is 12.6 Å². The maximum Gasteiger partial charge on any atom is 0.416 e. The Labute approximate surface area is 244 Å². The van der Waals surface area contributed by atoms with Gasteiger partial charge in [0.25, 0.3) is 0 Å². The molecule has 2 aromatic heterocycles.